The molecule has 1 aliphatic carbocycles. The molecule has 2 aliphatic heterocycles. The van der Waals surface area contributed by atoms with Gasteiger partial charge in [-0.1, -0.05) is 81.5 Å². The number of allylic oxidation sites excluding steroid dienone is 2. The Labute approximate surface area is 165 Å². The van der Waals surface area contributed by atoms with E-state index in [9.17, 15) is 0 Å². The van der Waals surface area contributed by atoms with Crippen LogP contribution in [0, 0.1) is 11.8 Å². The Balaban J connectivity index is 1.47. The Kier molecular flexibility index (Phi) is 6.34. The van der Waals surface area contributed by atoms with Crippen molar-refractivity contribution in [3.05, 3.63) is 59.3 Å². The van der Waals surface area contributed by atoms with E-state index in [1.54, 1.807) is 0 Å². The Morgan fingerprint density at radius 1 is 1.07 bits per heavy atom. The molecule has 1 aromatic carbocycles. The van der Waals surface area contributed by atoms with Crippen molar-refractivity contribution in [3.8, 4) is 0 Å². The van der Waals surface area contributed by atoms with Crippen molar-refractivity contribution in [2.45, 2.75) is 76.9 Å². The fourth-order valence-electron chi connectivity index (χ4n) is 5.13. The van der Waals surface area contributed by atoms with Gasteiger partial charge in [-0.05, 0) is 37.2 Å². The zero-order valence-electron chi connectivity index (χ0n) is 16.8. The maximum Gasteiger partial charge on any atom is 0.0892 e. The summed E-state index contributed by atoms with van der Waals surface area (Å²) in [4.78, 5) is 0. The van der Waals surface area contributed by atoms with Crippen molar-refractivity contribution < 1.29 is 4.74 Å². The van der Waals surface area contributed by atoms with Crippen LogP contribution in [0.3, 0.4) is 0 Å². The molecule has 2 heterocycles. The van der Waals surface area contributed by atoms with Crippen molar-refractivity contribution in [2.75, 3.05) is 6.61 Å². The first kappa shape index (κ1) is 18.8. The highest BCUT2D eigenvalue weighted by Crippen LogP contribution is 2.44. The summed E-state index contributed by atoms with van der Waals surface area (Å²) in [5.74, 6) is 1.25. The lowest BCUT2D eigenvalue weighted by Crippen LogP contribution is -2.47. The minimum Gasteiger partial charge on any atom is -0.378 e. The van der Waals surface area contributed by atoms with Gasteiger partial charge in [0.2, 0.25) is 0 Å². The first-order chi connectivity index (χ1) is 13.4. The maximum absolute atomic E-state index is 6.36. The first-order valence-corrected chi connectivity index (χ1v) is 11.2. The van der Waals surface area contributed by atoms with Crippen LogP contribution in [-0.2, 0) is 4.74 Å². The summed E-state index contributed by atoms with van der Waals surface area (Å²) in [5, 5.41) is 3.89. The van der Waals surface area contributed by atoms with Crippen LogP contribution in [0.4, 0.5) is 0 Å². The Hall–Kier alpha value is -1.54. The molecule has 2 heteroatoms. The second-order valence-electron chi connectivity index (χ2n) is 8.57. The van der Waals surface area contributed by atoms with Gasteiger partial charge in [0.15, 0.2) is 0 Å². The molecule has 0 spiro atoms. The number of benzene rings is 1. The Bertz CT molecular complexity index is 662. The third-order valence-corrected chi connectivity index (χ3v) is 6.60. The van der Waals surface area contributed by atoms with Gasteiger partial charge in [0.05, 0.1) is 12.1 Å². The molecule has 1 N–H and O–H groups in total. The van der Waals surface area contributed by atoms with Gasteiger partial charge in [-0.3, -0.25) is 0 Å². The molecule has 0 amide bonds. The second kappa shape index (κ2) is 9.10. The summed E-state index contributed by atoms with van der Waals surface area (Å²) in [6.07, 6.45) is 17.1. The Morgan fingerprint density at radius 3 is 2.78 bits per heavy atom. The smallest absolute Gasteiger partial charge is 0.0892 e. The van der Waals surface area contributed by atoms with Gasteiger partial charge in [0.1, 0.15) is 0 Å². The predicted octanol–water partition coefficient (Wildman–Crippen LogP) is 6.32. The number of hydrogen-bond donors (Lipinski definition) is 1. The number of fused-ring (bicyclic) bond motifs is 3. The molecule has 0 saturated carbocycles. The number of nitrogens with one attached hydrogen (secondary N) is 1. The zero-order chi connectivity index (χ0) is 18.5. The fourth-order valence-corrected chi connectivity index (χ4v) is 5.13. The number of unbranched alkanes of at least 4 members (excludes halogenated alkanes) is 4. The number of piperidine rings is 1. The molecule has 4 atom stereocenters. The van der Waals surface area contributed by atoms with Crippen molar-refractivity contribution in [2.24, 2.45) is 11.8 Å². The van der Waals surface area contributed by atoms with Crippen molar-refractivity contribution >= 4 is 0 Å². The summed E-state index contributed by atoms with van der Waals surface area (Å²) >= 11 is 0. The van der Waals surface area contributed by atoms with E-state index in [-0.39, 0.29) is 6.10 Å². The highest BCUT2D eigenvalue weighted by atomic mass is 16.5. The second-order valence-corrected chi connectivity index (χ2v) is 8.57. The van der Waals surface area contributed by atoms with E-state index in [1.165, 1.54) is 74.6 Å². The van der Waals surface area contributed by atoms with Gasteiger partial charge in [-0.25, -0.2) is 0 Å². The largest absolute Gasteiger partial charge is 0.378 e. The minimum atomic E-state index is 0.277. The van der Waals surface area contributed by atoms with E-state index < -0.39 is 0 Å². The van der Waals surface area contributed by atoms with E-state index >= 15 is 0 Å². The maximum atomic E-state index is 6.36. The van der Waals surface area contributed by atoms with Crippen LogP contribution >= 0.6 is 0 Å². The topological polar surface area (TPSA) is 21.3 Å². The van der Waals surface area contributed by atoms with Gasteiger partial charge in [-0.15, -0.1) is 0 Å². The van der Waals surface area contributed by atoms with Gasteiger partial charge in [-0.2, -0.15) is 0 Å². The molecule has 146 valence electrons. The summed E-state index contributed by atoms with van der Waals surface area (Å²) < 4.78 is 6.36. The van der Waals surface area contributed by atoms with Crippen molar-refractivity contribution in [1.29, 1.82) is 0 Å². The van der Waals surface area contributed by atoms with Crippen LogP contribution in [0.25, 0.3) is 0 Å². The van der Waals surface area contributed by atoms with Crippen LogP contribution in [-0.4, -0.2) is 12.7 Å². The van der Waals surface area contributed by atoms with Crippen LogP contribution in [0.5, 0.6) is 0 Å². The summed E-state index contributed by atoms with van der Waals surface area (Å²) in [5.41, 5.74) is 4.20. The lowest BCUT2D eigenvalue weighted by molar-refractivity contribution is -0.0242. The average Bonchev–Trinajstić information content (AvgIpc) is 2.74. The molecule has 0 aromatic heterocycles. The summed E-state index contributed by atoms with van der Waals surface area (Å²) in [7, 11) is 0. The molecule has 0 bridgehead atoms. The fraction of sp³-hybridized carbons (Fsp3) is 0.600. The number of ether oxygens (including phenoxy) is 1. The first-order valence-electron chi connectivity index (χ1n) is 11.2. The van der Waals surface area contributed by atoms with Gasteiger partial charge < -0.3 is 10.1 Å². The molecule has 2 fully saturated rings. The highest BCUT2D eigenvalue weighted by molar-refractivity contribution is 5.42. The highest BCUT2D eigenvalue weighted by Gasteiger charge is 2.42. The Morgan fingerprint density at radius 2 is 1.93 bits per heavy atom. The number of hydrogen-bond acceptors (Lipinski definition) is 2. The van der Waals surface area contributed by atoms with Gasteiger partial charge in [0, 0.05) is 23.8 Å². The number of rotatable bonds is 7. The van der Waals surface area contributed by atoms with Crippen LogP contribution in [0.15, 0.2) is 53.8 Å². The van der Waals surface area contributed by atoms with E-state index in [1.807, 2.05) is 0 Å². The van der Waals surface area contributed by atoms with Crippen LogP contribution < -0.4 is 5.32 Å². The van der Waals surface area contributed by atoms with E-state index in [2.05, 4.69) is 54.7 Å². The van der Waals surface area contributed by atoms with E-state index in [0.29, 0.717) is 17.9 Å². The third-order valence-electron chi connectivity index (χ3n) is 6.60. The molecule has 2 saturated heterocycles. The molecule has 27 heavy (non-hydrogen) atoms. The minimum absolute atomic E-state index is 0.277. The molecule has 3 aliphatic rings. The van der Waals surface area contributed by atoms with Crippen LogP contribution in [0.2, 0.25) is 0 Å². The normalized spacial score (nSPS) is 29.8. The molecule has 2 nitrogen and oxygen atoms in total. The molecular formula is C25H35NO. The quantitative estimate of drug-likeness (QED) is 0.571. The van der Waals surface area contributed by atoms with Gasteiger partial charge >= 0.3 is 0 Å². The average molecular weight is 366 g/mol. The lowest BCUT2D eigenvalue weighted by atomic mass is 9.74. The molecule has 1 aromatic rings. The van der Waals surface area contributed by atoms with E-state index in [4.69, 9.17) is 4.74 Å². The van der Waals surface area contributed by atoms with E-state index in [0.717, 1.165) is 6.61 Å². The molecule has 0 radical (unpaired) electrons. The molecular weight excluding hydrogens is 330 g/mol. The molecule has 4 rings (SSSR count). The van der Waals surface area contributed by atoms with Crippen molar-refractivity contribution in [1.82, 2.24) is 5.32 Å². The standard InChI is InChI=1S/C25H35NO/c1-2-3-4-5-7-11-19-15-16-23-22(18-19)25-21(14-10-17-27-25)24(26-23)20-12-8-6-9-13-20/h6,8-9,12-13,16,18-19,21,24-26H,2-5,7,10-11,14-15,17H2,1H3/t19?,21-,24-,25-/m0/s1. The van der Waals surface area contributed by atoms with Gasteiger partial charge in [0.25, 0.3) is 0 Å². The summed E-state index contributed by atoms with van der Waals surface area (Å²) in [6.45, 7) is 3.20. The summed E-state index contributed by atoms with van der Waals surface area (Å²) in [6, 6.07) is 11.3. The zero-order valence-corrected chi connectivity index (χ0v) is 16.8. The predicted molar refractivity (Wildman–Crippen MR) is 112 cm³/mol. The monoisotopic (exact) mass is 365 g/mol. The van der Waals surface area contributed by atoms with Crippen LogP contribution in [0.1, 0.15) is 76.3 Å². The van der Waals surface area contributed by atoms with Crippen molar-refractivity contribution in [3.63, 3.8) is 0 Å². The molecule has 1 unspecified atom stereocenters. The third kappa shape index (κ3) is 4.32. The SMILES string of the molecule is CCCCCCCC1C=C2C(=CC1)N[C@@H](c1ccccc1)[C@@H]1CCCO[C@H]21. The lowest BCUT2D eigenvalue weighted by Gasteiger charge is -2.46.